The number of amides is 1. The first kappa shape index (κ1) is 14.3. The summed E-state index contributed by atoms with van der Waals surface area (Å²) >= 11 is 0. The molecule has 21 heavy (non-hydrogen) atoms. The van der Waals surface area contributed by atoms with E-state index >= 15 is 0 Å². The smallest absolute Gasteiger partial charge is 0.338 e. The molecular formula is C13H17F3N4O. The largest absolute Gasteiger partial charge is 0.391 e. The van der Waals surface area contributed by atoms with E-state index in [1.54, 1.807) is 18.0 Å². The molecule has 2 fully saturated rings. The molecule has 2 heterocycles. The Labute approximate surface area is 120 Å². The fraction of sp³-hybridized carbons (Fsp3) is 0.769. The lowest BCUT2D eigenvalue weighted by atomic mass is 9.90. The van der Waals surface area contributed by atoms with Gasteiger partial charge in [-0.25, -0.2) is 4.68 Å². The molecule has 0 spiro atoms. The van der Waals surface area contributed by atoms with Crippen molar-refractivity contribution in [1.29, 1.82) is 0 Å². The molecule has 0 N–H and O–H groups in total. The van der Waals surface area contributed by atoms with E-state index in [-0.39, 0.29) is 25.3 Å². The van der Waals surface area contributed by atoms with Crippen LogP contribution in [0.2, 0.25) is 0 Å². The molecule has 3 rings (SSSR count). The van der Waals surface area contributed by atoms with Crippen molar-refractivity contribution in [3.63, 3.8) is 0 Å². The van der Waals surface area contributed by atoms with E-state index in [1.807, 2.05) is 0 Å². The zero-order valence-electron chi connectivity index (χ0n) is 11.7. The summed E-state index contributed by atoms with van der Waals surface area (Å²) in [6, 6.07) is -0.404. The van der Waals surface area contributed by atoms with Gasteiger partial charge in [-0.3, -0.25) is 4.79 Å². The zero-order valence-corrected chi connectivity index (χ0v) is 11.7. The molecule has 1 aliphatic heterocycles. The van der Waals surface area contributed by atoms with Crippen LogP contribution in [0, 0.1) is 5.92 Å². The number of nitrogens with zero attached hydrogens (tertiary/aromatic N) is 4. The standard InChI is InChI=1S/C13H17F3N4O/c1-9-8-10(13(14,15)16)2-6-19(9)11(21)12(3-4-12)20-7-5-17-18-20/h5,7,9-10H,2-4,6,8H2,1H3. The Bertz CT molecular complexity index is 524. The maximum absolute atomic E-state index is 12.8. The van der Waals surface area contributed by atoms with Crippen LogP contribution in [0.15, 0.2) is 12.4 Å². The van der Waals surface area contributed by atoms with Gasteiger partial charge in [-0.2, -0.15) is 13.2 Å². The van der Waals surface area contributed by atoms with Crippen LogP contribution < -0.4 is 0 Å². The number of hydrogen-bond donors (Lipinski definition) is 0. The molecule has 1 aromatic heterocycles. The highest BCUT2D eigenvalue weighted by Gasteiger charge is 2.56. The number of rotatable bonds is 2. The first-order valence-electron chi connectivity index (χ1n) is 7.09. The van der Waals surface area contributed by atoms with Crippen molar-refractivity contribution in [2.75, 3.05) is 6.54 Å². The Morgan fingerprint density at radius 1 is 1.38 bits per heavy atom. The van der Waals surface area contributed by atoms with Gasteiger partial charge in [0.05, 0.1) is 12.1 Å². The molecule has 0 aromatic carbocycles. The molecule has 1 saturated heterocycles. The highest BCUT2D eigenvalue weighted by atomic mass is 19.4. The van der Waals surface area contributed by atoms with Gasteiger partial charge in [-0.05, 0) is 32.6 Å². The molecular weight excluding hydrogens is 285 g/mol. The van der Waals surface area contributed by atoms with E-state index in [0.717, 1.165) is 0 Å². The van der Waals surface area contributed by atoms with E-state index in [2.05, 4.69) is 10.3 Å². The van der Waals surface area contributed by atoms with Crippen molar-refractivity contribution in [2.45, 2.75) is 50.4 Å². The van der Waals surface area contributed by atoms with Gasteiger partial charge in [-0.1, -0.05) is 5.21 Å². The van der Waals surface area contributed by atoms with E-state index in [1.165, 1.54) is 10.9 Å². The highest BCUT2D eigenvalue weighted by molar-refractivity contribution is 5.87. The van der Waals surface area contributed by atoms with E-state index < -0.39 is 23.7 Å². The second-order valence-corrected chi connectivity index (χ2v) is 5.99. The molecule has 8 heteroatoms. The number of likely N-dealkylation sites (tertiary alicyclic amines) is 1. The summed E-state index contributed by atoms with van der Waals surface area (Å²) in [5, 5.41) is 7.60. The van der Waals surface area contributed by atoms with Gasteiger partial charge in [-0.15, -0.1) is 5.10 Å². The van der Waals surface area contributed by atoms with Crippen molar-refractivity contribution in [2.24, 2.45) is 5.92 Å². The molecule has 1 aliphatic carbocycles. The van der Waals surface area contributed by atoms with Crippen molar-refractivity contribution in [3.8, 4) is 0 Å². The lowest BCUT2D eigenvalue weighted by molar-refractivity contribution is -0.191. The van der Waals surface area contributed by atoms with Crippen molar-refractivity contribution in [3.05, 3.63) is 12.4 Å². The third-order valence-corrected chi connectivity index (χ3v) is 4.58. The molecule has 5 nitrogen and oxygen atoms in total. The third-order valence-electron chi connectivity index (χ3n) is 4.58. The molecule has 2 aliphatic rings. The van der Waals surface area contributed by atoms with Crippen LogP contribution in [0.25, 0.3) is 0 Å². The number of piperidine rings is 1. The predicted octanol–water partition coefficient (Wildman–Crippen LogP) is 1.96. The summed E-state index contributed by atoms with van der Waals surface area (Å²) in [7, 11) is 0. The van der Waals surface area contributed by atoms with Crippen molar-refractivity contribution >= 4 is 5.91 Å². The van der Waals surface area contributed by atoms with Gasteiger partial charge < -0.3 is 4.90 Å². The highest BCUT2D eigenvalue weighted by Crippen LogP contribution is 2.46. The van der Waals surface area contributed by atoms with Crippen LogP contribution in [-0.4, -0.2) is 44.6 Å². The van der Waals surface area contributed by atoms with Gasteiger partial charge in [0.1, 0.15) is 5.54 Å². The fourth-order valence-electron chi connectivity index (χ4n) is 3.13. The summed E-state index contributed by atoms with van der Waals surface area (Å²) in [6.07, 6.45) is 0.259. The second kappa shape index (κ2) is 4.71. The number of aromatic nitrogens is 3. The molecule has 1 aromatic rings. The summed E-state index contributed by atoms with van der Waals surface area (Å²) in [6.45, 7) is 1.84. The van der Waals surface area contributed by atoms with E-state index in [4.69, 9.17) is 0 Å². The average molecular weight is 302 g/mol. The molecule has 116 valence electrons. The average Bonchev–Trinajstić information content (AvgIpc) is 3.04. The van der Waals surface area contributed by atoms with Gasteiger partial charge >= 0.3 is 6.18 Å². The van der Waals surface area contributed by atoms with Gasteiger partial charge in [0, 0.05) is 18.8 Å². The monoisotopic (exact) mass is 302 g/mol. The summed E-state index contributed by atoms with van der Waals surface area (Å²) in [5.74, 6) is -1.43. The van der Waals surface area contributed by atoms with Gasteiger partial charge in [0.15, 0.2) is 0 Å². The number of carbonyl (C=O) groups excluding carboxylic acids is 1. The van der Waals surface area contributed by atoms with Crippen LogP contribution in [0.1, 0.15) is 32.6 Å². The maximum Gasteiger partial charge on any atom is 0.391 e. The van der Waals surface area contributed by atoms with E-state index in [0.29, 0.717) is 12.8 Å². The molecule has 0 radical (unpaired) electrons. The Balaban J connectivity index is 1.73. The van der Waals surface area contributed by atoms with Crippen LogP contribution in [0.5, 0.6) is 0 Å². The number of carbonyl (C=O) groups is 1. The minimum absolute atomic E-state index is 0.0208. The first-order chi connectivity index (χ1) is 9.84. The summed E-state index contributed by atoms with van der Waals surface area (Å²) < 4.78 is 39.9. The van der Waals surface area contributed by atoms with Crippen molar-refractivity contribution in [1.82, 2.24) is 19.9 Å². The Morgan fingerprint density at radius 3 is 2.57 bits per heavy atom. The number of alkyl halides is 3. The minimum atomic E-state index is -4.17. The van der Waals surface area contributed by atoms with Crippen LogP contribution in [0.3, 0.4) is 0 Å². The third kappa shape index (κ3) is 2.40. The molecule has 1 amide bonds. The quantitative estimate of drug-likeness (QED) is 0.839. The van der Waals surface area contributed by atoms with Crippen LogP contribution in [-0.2, 0) is 10.3 Å². The first-order valence-corrected chi connectivity index (χ1v) is 7.09. The normalized spacial score (nSPS) is 28.5. The molecule has 0 bridgehead atoms. The predicted molar refractivity (Wildman–Crippen MR) is 67.2 cm³/mol. The fourth-order valence-corrected chi connectivity index (χ4v) is 3.13. The van der Waals surface area contributed by atoms with Crippen LogP contribution in [0.4, 0.5) is 13.2 Å². The summed E-state index contributed by atoms with van der Waals surface area (Å²) in [4.78, 5) is 14.3. The Morgan fingerprint density at radius 2 is 2.10 bits per heavy atom. The SMILES string of the molecule is CC1CC(C(F)(F)F)CCN1C(=O)C1(n2ccnn2)CC1. The summed E-state index contributed by atoms with van der Waals surface area (Å²) in [5.41, 5.74) is -0.712. The number of hydrogen-bond acceptors (Lipinski definition) is 3. The zero-order chi connectivity index (χ0) is 15.3. The van der Waals surface area contributed by atoms with Gasteiger partial charge in [0.25, 0.3) is 5.91 Å². The molecule has 2 atom stereocenters. The molecule has 2 unspecified atom stereocenters. The lowest BCUT2D eigenvalue weighted by Gasteiger charge is -2.40. The Kier molecular flexibility index (Phi) is 3.22. The van der Waals surface area contributed by atoms with E-state index in [9.17, 15) is 18.0 Å². The number of halogens is 3. The maximum atomic E-state index is 12.8. The Hall–Kier alpha value is -1.60. The van der Waals surface area contributed by atoms with Crippen molar-refractivity contribution < 1.29 is 18.0 Å². The minimum Gasteiger partial charge on any atom is -0.338 e. The topological polar surface area (TPSA) is 51.0 Å². The molecule has 1 saturated carbocycles. The lowest BCUT2D eigenvalue weighted by Crippen LogP contribution is -2.52. The second-order valence-electron chi connectivity index (χ2n) is 5.99. The van der Waals surface area contributed by atoms with Gasteiger partial charge in [0.2, 0.25) is 0 Å². The van der Waals surface area contributed by atoms with Crippen LogP contribution >= 0.6 is 0 Å².